The van der Waals surface area contributed by atoms with Gasteiger partial charge < -0.3 is 9.47 Å². The van der Waals surface area contributed by atoms with Crippen molar-refractivity contribution in [1.29, 1.82) is 0 Å². The van der Waals surface area contributed by atoms with Gasteiger partial charge in [0.15, 0.2) is 5.78 Å². The molecule has 116 valence electrons. The van der Waals surface area contributed by atoms with Crippen molar-refractivity contribution in [2.45, 2.75) is 52.1 Å². The molecule has 1 aliphatic heterocycles. The molecule has 0 saturated carbocycles. The van der Waals surface area contributed by atoms with Crippen LogP contribution >= 0.6 is 11.6 Å². The van der Waals surface area contributed by atoms with Crippen LogP contribution in [-0.2, 0) is 22.4 Å². The SMILES string of the molecule is CCOC(CC)(CC)C(=O)Cc1cc(Cl)cc2c1OCC2. The van der Waals surface area contributed by atoms with Crippen LogP contribution in [0, 0.1) is 0 Å². The van der Waals surface area contributed by atoms with E-state index in [9.17, 15) is 4.79 Å². The van der Waals surface area contributed by atoms with Crippen molar-refractivity contribution in [3.05, 3.63) is 28.3 Å². The van der Waals surface area contributed by atoms with Crippen molar-refractivity contribution in [2.75, 3.05) is 13.2 Å². The fraction of sp³-hybridized carbons (Fsp3) is 0.588. The minimum atomic E-state index is -0.692. The predicted molar refractivity (Wildman–Crippen MR) is 84.3 cm³/mol. The van der Waals surface area contributed by atoms with Crippen LogP contribution in [0.25, 0.3) is 0 Å². The number of fused-ring (bicyclic) bond motifs is 1. The summed E-state index contributed by atoms with van der Waals surface area (Å²) in [4.78, 5) is 12.8. The summed E-state index contributed by atoms with van der Waals surface area (Å²) in [5, 5.41) is 0.664. The molecule has 0 N–H and O–H groups in total. The summed E-state index contributed by atoms with van der Waals surface area (Å²) in [7, 11) is 0. The first-order chi connectivity index (χ1) is 10.1. The van der Waals surface area contributed by atoms with E-state index in [0.29, 0.717) is 37.5 Å². The molecule has 0 unspecified atom stereocenters. The highest BCUT2D eigenvalue weighted by Gasteiger charge is 2.36. The lowest BCUT2D eigenvalue weighted by Crippen LogP contribution is -2.41. The number of ketones is 1. The Kier molecular flexibility index (Phi) is 5.28. The molecule has 0 fully saturated rings. The van der Waals surface area contributed by atoms with Gasteiger partial charge >= 0.3 is 0 Å². The molecule has 0 aromatic heterocycles. The van der Waals surface area contributed by atoms with Crippen molar-refractivity contribution >= 4 is 17.4 Å². The molecule has 3 nitrogen and oxygen atoms in total. The van der Waals surface area contributed by atoms with Crippen LogP contribution < -0.4 is 4.74 Å². The fourth-order valence-electron chi connectivity index (χ4n) is 3.02. The number of ether oxygens (including phenoxy) is 2. The van der Waals surface area contributed by atoms with E-state index >= 15 is 0 Å². The monoisotopic (exact) mass is 310 g/mol. The van der Waals surface area contributed by atoms with Crippen LogP contribution in [0.3, 0.4) is 0 Å². The second-order valence-electron chi connectivity index (χ2n) is 5.39. The smallest absolute Gasteiger partial charge is 0.169 e. The quantitative estimate of drug-likeness (QED) is 0.764. The third kappa shape index (κ3) is 3.24. The van der Waals surface area contributed by atoms with Crippen LogP contribution in [0.1, 0.15) is 44.7 Å². The lowest BCUT2D eigenvalue weighted by Gasteiger charge is -2.30. The van der Waals surface area contributed by atoms with E-state index in [4.69, 9.17) is 21.1 Å². The van der Waals surface area contributed by atoms with Crippen LogP contribution in [0.2, 0.25) is 5.02 Å². The largest absolute Gasteiger partial charge is 0.493 e. The zero-order valence-corrected chi connectivity index (χ0v) is 13.8. The molecule has 1 aliphatic rings. The van der Waals surface area contributed by atoms with Crippen molar-refractivity contribution in [3.8, 4) is 5.75 Å². The number of Topliss-reactive ketones (excluding diaryl/α,β-unsaturated/α-hetero) is 1. The molecule has 0 spiro atoms. The molecule has 0 amide bonds. The molecule has 0 radical (unpaired) electrons. The zero-order valence-electron chi connectivity index (χ0n) is 13.0. The lowest BCUT2D eigenvalue weighted by molar-refractivity contribution is -0.144. The number of carbonyl (C=O) groups is 1. The summed E-state index contributed by atoms with van der Waals surface area (Å²) in [6, 6.07) is 3.76. The van der Waals surface area contributed by atoms with Gasteiger partial charge in [-0.15, -0.1) is 0 Å². The molecule has 1 aromatic carbocycles. The fourth-order valence-corrected chi connectivity index (χ4v) is 3.28. The summed E-state index contributed by atoms with van der Waals surface area (Å²) < 4.78 is 11.5. The molecule has 0 bridgehead atoms. The number of hydrogen-bond acceptors (Lipinski definition) is 3. The average Bonchev–Trinajstić information content (AvgIpc) is 2.93. The molecule has 0 aliphatic carbocycles. The second-order valence-corrected chi connectivity index (χ2v) is 5.82. The Balaban J connectivity index is 2.27. The number of hydrogen-bond donors (Lipinski definition) is 0. The topological polar surface area (TPSA) is 35.5 Å². The first-order valence-electron chi connectivity index (χ1n) is 7.67. The number of rotatable bonds is 7. The Morgan fingerprint density at radius 2 is 2.05 bits per heavy atom. The Morgan fingerprint density at radius 1 is 1.33 bits per heavy atom. The molecular formula is C17H23ClO3. The Hall–Kier alpha value is -1.06. The van der Waals surface area contributed by atoms with E-state index < -0.39 is 5.60 Å². The number of benzene rings is 1. The maximum atomic E-state index is 12.8. The third-order valence-electron chi connectivity index (χ3n) is 4.25. The highest BCUT2D eigenvalue weighted by molar-refractivity contribution is 6.30. The Morgan fingerprint density at radius 3 is 2.67 bits per heavy atom. The highest BCUT2D eigenvalue weighted by atomic mass is 35.5. The van der Waals surface area contributed by atoms with E-state index in [1.807, 2.05) is 32.9 Å². The minimum absolute atomic E-state index is 0.106. The maximum Gasteiger partial charge on any atom is 0.169 e. The molecular weight excluding hydrogens is 288 g/mol. The molecule has 2 rings (SSSR count). The van der Waals surface area contributed by atoms with Crippen molar-refractivity contribution in [1.82, 2.24) is 0 Å². The van der Waals surface area contributed by atoms with Gasteiger partial charge in [0.1, 0.15) is 11.4 Å². The molecule has 0 saturated heterocycles. The van der Waals surface area contributed by atoms with E-state index in [-0.39, 0.29) is 5.78 Å². The summed E-state index contributed by atoms with van der Waals surface area (Å²) in [5.41, 5.74) is 1.29. The van der Waals surface area contributed by atoms with Gasteiger partial charge in [0.25, 0.3) is 0 Å². The van der Waals surface area contributed by atoms with Gasteiger partial charge in [0.2, 0.25) is 0 Å². The standard InChI is InChI=1S/C17H23ClO3/c1-4-17(5-2,21-6-3)15(19)11-13-10-14(18)9-12-7-8-20-16(12)13/h9-10H,4-8,11H2,1-3H3. The maximum absolute atomic E-state index is 12.8. The summed E-state index contributed by atoms with van der Waals surface area (Å²) in [5.74, 6) is 0.944. The molecule has 4 heteroatoms. The predicted octanol–water partition coefficient (Wildman–Crippen LogP) is 3.98. The molecule has 21 heavy (non-hydrogen) atoms. The zero-order chi connectivity index (χ0) is 15.5. The van der Waals surface area contributed by atoms with Gasteiger partial charge in [0, 0.05) is 30.0 Å². The first kappa shape index (κ1) is 16.3. The van der Waals surface area contributed by atoms with Crippen LogP contribution in [0.5, 0.6) is 5.75 Å². The number of halogens is 1. The highest BCUT2D eigenvalue weighted by Crippen LogP contribution is 2.34. The van der Waals surface area contributed by atoms with Crippen LogP contribution in [-0.4, -0.2) is 24.6 Å². The van der Waals surface area contributed by atoms with Crippen molar-refractivity contribution in [2.24, 2.45) is 0 Å². The minimum Gasteiger partial charge on any atom is -0.493 e. The van der Waals surface area contributed by atoms with Crippen LogP contribution in [0.15, 0.2) is 12.1 Å². The van der Waals surface area contributed by atoms with Gasteiger partial charge in [0.05, 0.1) is 6.61 Å². The van der Waals surface area contributed by atoms with Gasteiger partial charge in [-0.3, -0.25) is 4.79 Å². The summed E-state index contributed by atoms with van der Waals surface area (Å²) >= 11 is 6.16. The van der Waals surface area contributed by atoms with Gasteiger partial charge in [-0.1, -0.05) is 25.4 Å². The van der Waals surface area contributed by atoms with Gasteiger partial charge in [-0.2, -0.15) is 0 Å². The molecule has 1 heterocycles. The third-order valence-corrected chi connectivity index (χ3v) is 4.47. The second kappa shape index (κ2) is 6.80. The first-order valence-corrected chi connectivity index (χ1v) is 8.05. The van der Waals surface area contributed by atoms with Crippen LogP contribution in [0.4, 0.5) is 0 Å². The van der Waals surface area contributed by atoms with Gasteiger partial charge in [-0.05, 0) is 37.5 Å². The summed E-state index contributed by atoms with van der Waals surface area (Å²) in [6.07, 6.45) is 2.53. The molecule has 1 aromatic rings. The van der Waals surface area contributed by atoms with Crippen molar-refractivity contribution in [3.63, 3.8) is 0 Å². The van der Waals surface area contributed by atoms with E-state index in [1.54, 1.807) is 0 Å². The van der Waals surface area contributed by atoms with E-state index in [0.717, 1.165) is 23.3 Å². The van der Waals surface area contributed by atoms with E-state index in [1.165, 1.54) is 0 Å². The Bertz CT molecular complexity index is 521. The average molecular weight is 311 g/mol. The van der Waals surface area contributed by atoms with Crippen molar-refractivity contribution < 1.29 is 14.3 Å². The van der Waals surface area contributed by atoms with E-state index in [2.05, 4.69) is 0 Å². The number of carbonyl (C=O) groups excluding carboxylic acids is 1. The normalized spacial score (nSPS) is 13.9. The lowest BCUT2D eigenvalue weighted by atomic mass is 9.87. The van der Waals surface area contributed by atoms with Gasteiger partial charge in [-0.25, -0.2) is 0 Å². The summed E-state index contributed by atoms with van der Waals surface area (Å²) in [6.45, 7) is 7.12. The molecule has 0 atom stereocenters. The Labute approximate surface area is 131 Å².